The van der Waals surface area contributed by atoms with Crippen LogP contribution in [0.5, 0.6) is 0 Å². The van der Waals surface area contributed by atoms with Crippen LogP contribution in [0, 0.1) is 0 Å². The van der Waals surface area contributed by atoms with E-state index in [4.69, 9.17) is 0 Å². The Kier molecular flexibility index (Phi) is 5.04. The van der Waals surface area contributed by atoms with E-state index in [1.165, 1.54) is 4.90 Å². The lowest BCUT2D eigenvalue weighted by atomic mass is 10.1. The molecule has 1 amide bonds. The van der Waals surface area contributed by atoms with Gasteiger partial charge in [-0.15, -0.1) is 11.8 Å². The van der Waals surface area contributed by atoms with Crippen LogP contribution in [0.2, 0.25) is 0 Å². The number of rotatable bonds is 5. The number of thioether (sulfide) groups is 2. The molecule has 0 aromatic heterocycles. The molecule has 3 nitrogen and oxygen atoms in total. The zero-order chi connectivity index (χ0) is 14.8. The summed E-state index contributed by atoms with van der Waals surface area (Å²) in [6.07, 6.45) is 4.17. The second-order valence-electron chi connectivity index (χ2n) is 5.54. The average molecular weight is 310 g/mol. The van der Waals surface area contributed by atoms with Gasteiger partial charge in [-0.25, -0.2) is 0 Å². The predicted molar refractivity (Wildman–Crippen MR) is 88.3 cm³/mol. The van der Waals surface area contributed by atoms with Crippen LogP contribution in [-0.2, 0) is 4.79 Å². The van der Waals surface area contributed by atoms with Gasteiger partial charge in [0.25, 0.3) is 0 Å². The van der Waals surface area contributed by atoms with Crippen LogP contribution in [0.15, 0.2) is 29.2 Å². The molecule has 0 aliphatic carbocycles. The molecule has 1 aromatic rings. The molecule has 1 heterocycles. The molecule has 1 aliphatic rings. The number of hydrogen-bond acceptors (Lipinski definition) is 4. The van der Waals surface area contributed by atoms with E-state index in [1.807, 2.05) is 4.90 Å². The topological polar surface area (TPSA) is 32.3 Å². The molecule has 110 valence electrons. The Morgan fingerprint density at radius 2 is 1.95 bits per heavy atom. The molecule has 1 atom stereocenters. The number of hydrogen-bond donors (Lipinski definition) is 1. The van der Waals surface area contributed by atoms with Crippen molar-refractivity contribution in [2.24, 2.45) is 0 Å². The van der Waals surface area contributed by atoms with Crippen LogP contribution in [0.25, 0.3) is 0 Å². The Balaban J connectivity index is 2.18. The number of benzene rings is 1. The van der Waals surface area contributed by atoms with Crippen molar-refractivity contribution in [1.29, 1.82) is 0 Å². The summed E-state index contributed by atoms with van der Waals surface area (Å²) in [6.45, 7) is 5.54. The van der Waals surface area contributed by atoms with Gasteiger partial charge < -0.3 is 4.90 Å². The van der Waals surface area contributed by atoms with E-state index in [0.717, 1.165) is 12.1 Å². The lowest BCUT2D eigenvalue weighted by Gasteiger charge is -2.32. The maximum atomic E-state index is 12.1. The number of carbonyl (C=O) groups is 1. The standard InChI is InChI=1S/C15H22N2OS2/c1-15(2,20-4)10-17-13(18)9-16-14(17)11-5-7-12(19-3)8-6-11/h5-8,14,16H,9-10H2,1-4H3. The summed E-state index contributed by atoms with van der Waals surface area (Å²) in [6, 6.07) is 8.45. The molecule has 1 unspecified atom stereocenters. The first-order valence-corrected chi connectivity index (χ1v) is 9.14. The molecule has 0 bridgehead atoms. The van der Waals surface area contributed by atoms with E-state index in [-0.39, 0.29) is 16.8 Å². The van der Waals surface area contributed by atoms with Crippen molar-refractivity contribution in [3.63, 3.8) is 0 Å². The van der Waals surface area contributed by atoms with Crippen LogP contribution < -0.4 is 5.32 Å². The zero-order valence-electron chi connectivity index (χ0n) is 12.5. The summed E-state index contributed by atoms with van der Waals surface area (Å²) >= 11 is 3.53. The van der Waals surface area contributed by atoms with Crippen LogP contribution >= 0.6 is 23.5 Å². The lowest BCUT2D eigenvalue weighted by Crippen LogP contribution is -2.40. The third-order valence-electron chi connectivity index (χ3n) is 3.61. The second kappa shape index (κ2) is 6.41. The third-order valence-corrected chi connectivity index (χ3v) is 5.59. The van der Waals surface area contributed by atoms with Gasteiger partial charge in [0.1, 0.15) is 6.17 Å². The Morgan fingerprint density at radius 1 is 1.30 bits per heavy atom. The Morgan fingerprint density at radius 3 is 2.50 bits per heavy atom. The monoisotopic (exact) mass is 310 g/mol. The molecule has 1 aromatic carbocycles. The summed E-state index contributed by atoms with van der Waals surface area (Å²) in [5, 5.41) is 3.32. The molecule has 0 saturated carbocycles. The fraction of sp³-hybridized carbons (Fsp3) is 0.533. The van der Waals surface area contributed by atoms with Crippen LogP contribution in [0.3, 0.4) is 0 Å². The number of nitrogens with zero attached hydrogens (tertiary/aromatic N) is 1. The van der Waals surface area contributed by atoms with Crippen molar-refractivity contribution >= 4 is 29.4 Å². The highest BCUT2D eigenvalue weighted by molar-refractivity contribution is 8.00. The predicted octanol–water partition coefficient (Wildman–Crippen LogP) is 2.98. The average Bonchev–Trinajstić information content (AvgIpc) is 2.80. The minimum absolute atomic E-state index is 0.00447. The van der Waals surface area contributed by atoms with Crippen molar-refractivity contribution in [2.45, 2.75) is 29.7 Å². The quantitative estimate of drug-likeness (QED) is 0.848. The summed E-state index contributed by atoms with van der Waals surface area (Å²) in [5.74, 6) is 0.186. The van der Waals surface area contributed by atoms with E-state index < -0.39 is 0 Å². The summed E-state index contributed by atoms with van der Waals surface area (Å²) in [7, 11) is 0. The molecular weight excluding hydrogens is 288 g/mol. The highest BCUT2D eigenvalue weighted by Crippen LogP contribution is 2.30. The maximum Gasteiger partial charge on any atom is 0.238 e. The van der Waals surface area contributed by atoms with Gasteiger partial charge in [0.2, 0.25) is 5.91 Å². The van der Waals surface area contributed by atoms with Crippen molar-refractivity contribution in [2.75, 3.05) is 25.6 Å². The van der Waals surface area contributed by atoms with Crippen LogP contribution in [0.4, 0.5) is 0 Å². The molecule has 20 heavy (non-hydrogen) atoms. The van der Waals surface area contributed by atoms with Gasteiger partial charge in [0, 0.05) is 16.2 Å². The molecular formula is C15H22N2OS2. The van der Waals surface area contributed by atoms with E-state index >= 15 is 0 Å². The SMILES string of the molecule is CSc1ccc(C2NCC(=O)N2CC(C)(C)SC)cc1. The van der Waals surface area contributed by atoms with Crippen LogP contribution in [0.1, 0.15) is 25.6 Å². The molecule has 1 saturated heterocycles. The van der Waals surface area contributed by atoms with Gasteiger partial charge in [0.05, 0.1) is 6.54 Å². The summed E-state index contributed by atoms with van der Waals surface area (Å²) in [4.78, 5) is 15.3. The molecule has 2 rings (SSSR count). The van der Waals surface area contributed by atoms with E-state index in [0.29, 0.717) is 6.54 Å². The normalized spacial score (nSPS) is 19.7. The van der Waals surface area contributed by atoms with E-state index in [2.05, 4.69) is 55.9 Å². The van der Waals surface area contributed by atoms with Gasteiger partial charge in [-0.3, -0.25) is 10.1 Å². The number of amides is 1. The molecule has 0 radical (unpaired) electrons. The Hall–Kier alpha value is -0.650. The molecule has 1 aliphatic heterocycles. The van der Waals surface area contributed by atoms with Crippen molar-refractivity contribution in [3.8, 4) is 0 Å². The smallest absolute Gasteiger partial charge is 0.238 e. The minimum atomic E-state index is 0.00447. The Bertz CT molecular complexity index is 473. The van der Waals surface area contributed by atoms with Crippen LogP contribution in [-0.4, -0.2) is 41.2 Å². The van der Waals surface area contributed by atoms with Gasteiger partial charge >= 0.3 is 0 Å². The Labute approximate surface area is 129 Å². The highest BCUT2D eigenvalue weighted by Gasteiger charge is 2.35. The molecule has 1 N–H and O–H groups in total. The van der Waals surface area contributed by atoms with Crippen molar-refractivity contribution in [1.82, 2.24) is 10.2 Å². The van der Waals surface area contributed by atoms with Gasteiger partial charge in [-0.05, 0) is 44.1 Å². The van der Waals surface area contributed by atoms with E-state index in [9.17, 15) is 4.79 Å². The van der Waals surface area contributed by atoms with Crippen molar-refractivity contribution < 1.29 is 4.79 Å². The zero-order valence-corrected chi connectivity index (χ0v) is 14.1. The lowest BCUT2D eigenvalue weighted by molar-refractivity contribution is -0.128. The van der Waals surface area contributed by atoms with Crippen molar-refractivity contribution in [3.05, 3.63) is 29.8 Å². The van der Waals surface area contributed by atoms with E-state index in [1.54, 1.807) is 23.5 Å². The molecule has 1 fully saturated rings. The first kappa shape index (κ1) is 15.7. The number of carbonyl (C=O) groups excluding carboxylic acids is 1. The first-order chi connectivity index (χ1) is 9.46. The summed E-state index contributed by atoms with van der Waals surface area (Å²) < 4.78 is 0.0686. The summed E-state index contributed by atoms with van der Waals surface area (Å²) in [5.41, 5.74) is 1.16. The fourth-order valence-electron chi connectivity index (χ4n) is 2.28. The number of nitrogens with one attached hydrogen (secondary N) is 1. The molecule has 0 spiro atoms. The van der Waals surface area contributed by atoms with Gasteiger partial charge in [-0.1, -0.05) is 12.1 Å². The molecule has 5 heteroatoms. The van der Waals surface area contributed by atoms with Gasteiger partial charge in [0.15, 0.2) is 0 Å². The fourth-order valence-corrected chi connectivity index (χ4v) is 2.95. The minimum Gasteiger partial charge on any atom is -0.320 e. The largest absolute Gasteiger partial charge is 0.320 e. The first-order valence-electron chi connectivity index (χ1n) is 6.69. The van der Waals surface area contributed by atoms with Gasteiger partial charge in [-0.2, -0.15) is 11.8 Å². The highest BCUT2D eigenvalue weighted by atomic mass is 32.2. The third kappa shape index (κ3) is 3.51. The maximum absolute atomic E-state index is 12.1. The second-order valence-corrected chi connectivity index (χ2v) is 7.94.